The lowest BCUT2D eigenvalue weighted by molar-refractivity contribution is -0.140. The molecule has 4 nitrogen and oxygen atoms in total. The third-order valence-electron chi connectivity index (χ3n) is 4.78. The summed E-state index contributed by atoms with van der Waals surface area (Å²) in [5.74, 6) is 0.764. The van der Waals surface area contributed by atoms with Crippen molar-refractivity contribution in [1.82, 2.24) is 0 Å². The van der Waals surface area contributed by atoms with E-state index in [4.69, 9.17) is 9.47 Å². The van der Waals surface area contributed by atoms with Gasteiger partial charge in [0.15, 0.2) is 0 Å². The summed E-state index contributed by atoms with van der Waals surface area (Å²) in [4.78, 5) is 12.9. The number of nitrogens with one attached hydrogen (secondary N) is 1. The van der Waals surface area contributed by atoms with Gasteiger partial charge in [0.25, 0.3) is 5.91 Å². The first-order valence-electron chi connectivity index (χ1n) is 10.1. The molecule has 0 aliphatic heterocycles. The Balaban J connectivity index is 2.11. The first kappa shape index (κ1) is 22.0. The van der Waals surface area contributed by atoms with Crippen molar-refractivity contribution in [2.75, 3.05) is 11.9 Å². The van der Waals surface area contributed by atoms with Crippen LogP contribution in [0.25, 0.3) is 0 Å². The summed E-state index contributed by atoms with van der Waals surface area (Å²) in [6.07, 6.45) is 2.46. The molecule has 0 radical (unpaired) electrons. The lowest BCUT2D eigenvalue weighted by Crippen LogP contribution is -2.43. The third kappa shape index (κ3) is 5.83. The van der Waals surface area contributed by atoms with Gasteiger partial charge in [-0.15, -0.1) is 0 Å². The van der Waals surface area contributed by atoms with Gasteiger partial charge in [0, 0.05) is 12.3 Å². The van der Waals surface area contributed by atoms with Crippen molar-refractivity contribution in [3.05, 3.63) is 59.2 Å². The van der Waals surface area contributed by atoms with E-state index in [0.29, 0.717) is 19.6 Å². The number of rotatable bonds is 10. The van der Waals surface area contributed by atoms with Crippen molar-refractivity contribution in [2.45, 2.75) is 66.1 Å². The lowest BCUT2D eigenvalue weighted by atomic mass is 9.98. The van der Waals surface area contributed by atoms with Crippen LogP contribution in [-0.4, -0.2) is 18.1 Å². The molecule has 1 N–H and O–H groups in total. The quantitative estimate of drug-likeness (QED) is 0.563. The smallest absolute Gasteiger partial charge is 0.256 e. The largest absolute Gasteiger partial charge is 0.488 e. The molecule has 0 spiro atoms. The highest BCUT2D eigenvalue weighted by Crippen LogP contribution is 2.29. The fourth-order valence-electron chi connectivity index (χ4n) is 3.30. The highest BCUT2D eigenvalue weighted by molar-refractivity contribution is 5.97. The Morgan fingerprint density at radius 2 is 1.68 bits per heavy atom. The zero-order valence-corrected chi connectivity index (χ0v) is 17.8. The Morgan fingerprint density at radius 3 is 2.25 bits per heavy atom. The minimum absolute atomic E-state index is 0.0976. The van der Waals surface area contributed by atoms with Gasteiger partial charge in [-0.1, -0.05) is 50.6 Å². The maximum Gasteiger partial charge on any atom is 0.256 e. The van der Waals surface area contributed by atoms with Crippen molar-refractivity contribution in [2.24, 2.45) is 0 Å². The van der Waals surface area contributed by atoms with Gasteiger partial charge in [-0.2, -0.15) is 0 Å². The van der Waals surface area contributed by atoms with Gasteiger partial charge in [-0.05, 0) is 62.4 Å². The van der Waals surface area contributed by atoms with Crippen LogP contribution < -0.4 is 10.1 Å². The molecular formula is C24H33NO3. The highest BCUT2D eigenvalue weighted by atomic mass is 16.5. The summed E-state index contributed by atoms with van der Waals surface area (Å²) in [5.41, 5.74) is 3.09. The molecule has 2 rings (SSSR count). The Bertz CT molecular complexity index is 750. The van der Waals surface area contributed by atoms with Crippen molar-refractivity contribution < 1.29 is 14.3 Å². The number of hydrogen-bond acceptors (Lipinski definition) is 3. The normalized spacial score (nSPS) is 13.0. The van der Waals surface area contributed by atoms with E-state index in [9.17, 15) is 4.79 Å². The predicted octanol–water partition coefficient (Wildman–Crippen LogP) is 5.81. The molecule has 0 aliphatic carbocycles. The van der Waals surface area contributed by atoms with Crippen molar-refractivity contribution in [3.63, 3.8) is 0 Å². The van der Waals surface area contributed by atoms with Crippen LogP contribution in [0.3, 0.4) is 0 Å². The molecule has 1 amide bonds. The molecule has 28 heavy (non-hydrogen) atoms. The van der Waals surface area contributed by atoms with Crippen LogP contribution in [0.2, 0.25) is 0 Å². The maximum atomic E-state index is 12.9. The number of amides is 1. The molecule has 1 atom stereocenters. The topological polar surface area (TPSA) is 47.6 Å². The van der Waals surface area contributed by atoms with Gasteiger partial charge in [0.2, 0.25) is 0 Å². The number of hydrogen-bond donors (Lipinski definition) is 1. The molecule has 0 bridgehead atoms. The van der Waals surface area contributed by atoms with Crippen LogP contribution in [-0.2, 0) is 16.1 Å². The van der Waals surface area contributed by atoms with Crippen LogP contribution in [0.15, 0.2) is 42.5 Å². The fourth-order valence-corrected chi connectivity index (χ4v) is 3.30. The van der Waals surface area contributed by atoms with Crippen LogP contribution in [0, 0.1) is 13.8 Å². The summed E-state index contributed by atoms with van der Waals surface area (Å²) < 4.78 is 11.9. The van der Waals surface area contributed by atoms with Crippen LogP contribution in [0.5, 0.6) is 5.75 Å². The second kappa shape index (κ2) is 10.3. The molecule has 4 heteroatoms. The van der Waals surface area contributed by atoms with Gasteiger partial charge in [0.05, 0.1) is 0 Å². The Labute approximate surface area is 169 Å². The van der Waals surface area contributed by atoms with E-state index >= 15 is 0 Å². The number of ether oxygens (including phenoxy) is 2. The second-order valence-electron chi connectivity index (χ2n) is 7.50. The van der Waals surface area contributed by atoms with Gasteiger partial charge < -0.3 is 14.8 Å². The van der Waals surface area contributed by atoms with E-state index < -0.39 is 5.60 Å². The molecule has 0 heterocycles. The standard InChI is InChI=1S/C24H33NO3/c1-6-13-24(5,28-14-7-2)23(26)25-21-15-18(3)22(19(4)16-21)27-17-20-11-9-8-10-12-20/h8-12,15-16H,6-7,13-14,17H2,1-5H3,(H,25,26)/t24-/m0/s1. The summed E-state index contributed by atoms with van der Waals surface area (Å²) >= 11 is 0. The van der Waals surface area contributed by atoms with Crippen LogP contribution in [0.1, 0.15) is 56.7 Å². The van der Waals surface area contributed by atoms with Gasteiger partial charge in [-0.25, -0.2) is 0 Å². The van der Waals surface area contributed by atoms with Gasteiger partial charge in [-0.3, -0.25) is 4.79 Å². The summed E-state index contributed by atoms with van der Waals surface area (Å²) in [6, 6.07) is 14.0. The SMILES string of the molecule is CCCO[C@@](C)(CCC)C(=O)Nc1cc(C)c(OCc2ccccc2)c(C)c1. The average molecular weight is 384 g/mol. The average Bonchev–Trinajstić information content (AvgIpc) is 2.66. The van der Waals surface area contributed by atoms with Crippen molar-refractivity contribution in [1.29, 1.82) is 0 Å². The maximum absolute atomic E-state index is 12.9. The van der Waals surface area contributed by atoms with E-state index in [-0.39, 0.29) is 5.91 Å². The van der Waals surface area contributed by atoms with Crippen molar-refractivity contribution in [3.8, 4) is 5.75 Å². The van der Waals surface area contributed by atoms with E-state index in [1.807, 2.05) is 70.2 Å². The summed E-state index contributed by atoms with van der Waals surface area (Å²) in [6.45, 7) is 11.1. The minimum atomic E-state index is -0.810. The van der Waals surface area contributed by atoms with E-state index in [1.165, 1.54) is 0 Å². The van der Waals surface area contributed by atoms with Gasteiger partial charge >= 0.3 is 0 Å². The zero-order valence-electron chi connectivity index (χ0n) is 17.8. The fraction of sp³-hybridized carbons (Fsp3) is 0.458. The zero-order chi connectivity index (χ0) is 20.6. The molecule has 2 aromatic carbocycles. The molecule has 0 aromatic heterocycles. The number of benzene rings is 2. The molecule has 0 saturated carbocycles. The number of anilines is 1. The van der Waals surface area contributed by atoms with Crippen LogP contribution in [0.4, 0.5) is 5.69 Å². The number of carbonyl (C=O) groups excluding carboxylic acids is 1. The molecular weight excluding hydrogens is 350 g/mol. The second-order valence-corrected chi connectivity index (χ2v) is 7.50. The molecule has 152 valence electrons. The van der Waals surface area contributed by atoms with E-state index in [0.717, 1.165) is 41.0 Å². The first-order valence-corrected chi connectivity index (χ1v) is 10.1. The van der Waals surface area contributed by atoms with E-state index in [1.54, 1.807) is 0 Å². The highest BCUT2D eigenvalue weighted by Gasteiger charge is 2.33. The van der Waals surface area contributed by atoms with Crippen molar-refractivity contribution >= 4 is 11.6 Å². The Hall–Kier alpha value is -2.33. The first-order chi connectivity index (χ1) is 13.4. The summed E-state index contributed by atoms with van der Waals surface area (Å²) in [5, 5.41) is 3.04. The Kier molecular flexibility index (Phi) is 8.06. The molecule has 0 unspecified atom stereocenters. The molecule has 0 aliphatic rings. The number of aryl methyl sites for hydroxylation is 2. The monoisotopic (exact) mass is 383 g/mol. The van der Waals surface area contributed by atoms with Crippen LogP contribution >= 0.6 is 0 Å². The lowest BCUT2D eigenvalue weighted by Gasteiger charge is -2.28. The van der Waals surface area contributed by atoms with Gasteiger partial charge in [0.1, 0.15) is 18.0 Å². The number of carbonyl (C=O) groups is 1. The third-order valence-corrected chi connectivity index (χ3v) is 4.78. The molecule has 2 aromatic rings. The molecule has 0 saturated heterocycles. The summed E-state index contributed by atoms with van der Waals surface area (Å²) in [7, 11) is 0. The van der Waals surface area contributed by atoms with E-state index in [2.05, 4.69) is 12.2 Å². The molecule has 0 fully saturated rings. The minimum Gasteiger partial charge on any atom is -0.488 e. The predicted molar refractivity (Wildman–Crippen MR) is 115 cm³/mol. The Morgan fingerprint density at radius 1 is 1.04 bits per heavy atom.